The summed E-state index contributed by atoms with van der Waals surface area (Å²) in [4.78, 5) is 35.1. The lowest BCUT2D eigenvalue weighted by Crippen LogP contribution is -2.32. The lowest BCUT2D eigenvalue weighted by molar-refractivity contribution is -0.146. The molecule has 1 aromatic heterocycles. The van der Waals surface area contributed by atoms with Crippen LogP contribution in [0, 0.1) is 5.82 Å². The van der Waals surface area contributed by atoms with Crippen molar-refractivity contribution in [1.82, 2.24) is 10.3 Å². The van der Waals surface area contributed by atoms with Gasteiger partial charge in [0.25, 0.3) is 0 Å². The van der Waals surface area contributed by atoms with Gasteiger partial charge in [-0.3, -0.25) is 9.59 Å². The van der Waals surface area contributed by atoms with E-state index in [1.165, 1.54) is 12.1 Å². The van der Waals surface area contributed by atoms with Gasteiger partial charge >= 0.3 is 5.97 Å². The number of aliphatic hydroxyl groups excluding tert-OH is 1. The van der Waals surface area contributed by atoms with Crippen molar-refractivity contribution in [2.75, 3.05) is 20.3 Å². The maximum Gasteiger partial charge on any atom is 0.334 e. The summed E-state index contributed by atoms with van der Waals surface area (Å²) in [5.41, 5.74) is 1.11. The van der Waals surface area contributed by atoms with Crippen LogP contribution < -0.4 is 20.2 Å². The number of hydrogen-bond donors (Lipinski definition) is 4. The molecular weight excluding hydrogens is 435 g/mol. The number of halogens is 1. The van der Waals surface area contributed by atoms with Crippen molar-refractivity contribution in [3.63, 3.8) is 0 Å². The molecule has 1 heterocycles. The van der Waals surface area contributed by atoms with Crippen LogP contribution in [0.3, 0.4) is 0 Å². The summed E-state index contributed by atoms with van der Waals surface area (Å²) in [6, 6.07) is 9.86. The first-order valence-electron chi connectivity index (χ1n) is 10.0. The summed E-state index contributed by atoms with van der Waals surface area (Å²) in [6.07, 6.45) is 1.24. The van der Waals surface area contributed by atoms with Crippen LogP contribution in [-0.2, 0) is 9.59 Å². The second kappa shape index (κ2) is 12.2. The molecule has 176 valence electrons. The maximum absolute atomic E-state index is 14.3. The Morgan fingerprint density at radius 1 is 1.24 bits per heavy atom. The molecule has 10 heteroatoms. The van der Waals surface area contributed by atoms with Gasteiger partial charge in [-0.05, 0) is 36.2 Å². The summed E-state index contributed by atoms with van der Waals surface area (Å²) in [6.45, 7) is 2.23. The van der Waals surface area contributed by atoms with E-state index in [-0.39, 0.29) is 17.4 Å². The van der Waals surface area contributed by atoms with E-state index in [1.54, 1.807) is 37.6 Å². The van der Waals surface area contributed by atoms with Crippen molar-refractivity contribution < 1.29 is 33.7 Å². The van der Waals surface area contributed by atoms with E-state index in [1.807, 2.05) is 12.2 Å². The second-order valence-corrected chi connectivity index (χ2v) is 6.78. The highest BCUT2D eigenvalue weighted by molar-refractivity contribution is 5.88. The molecule has 3 aromatic rings. The number of fused-ring (bicyclic) bond motifs is 1. The largest absolute Gasteiger partial charge is 0.497 e. The number of benzene rings is 2. The molecule has 0 saturated heterocycles. The molecule has 0 radical (unpaired) electrons. The fraction of sp³-hybridized carbons (Fsp3) is 0.261. The van der Waals surface area contributed by atoms with Crippen LogP contribution in [-0.4, -0.2) is 53.9 Å². The van der Waals surface area contributed by atoms with Gasteiger partial charge in [0.05, 0.1) is 31.2 Å². The standard InChI is InChI=1S/C19H18FNO3.C4H7NO4/c1-3-10-24-16-9-8-15(20)17-18(16)21-11-14(19(17)22)12-4-6-13(23-2)7-5-12;6-2-5-1-3(7)4(8)9/h4-9,11H,3,10H2,1-2H3,(H,21,22);2-3,7H,1H2,(H,5,6)(H,8,9). The number of hydrogen-bond acceptors (Lipinski definition) is 6. The minimum atomic E-state index is -1.50. The van der Waals surface area contributed by atoms with Crippen LogP contribution in [0.2, 0.25) is 0 Å². The number of pyridine rings is 1. The van der Waals surface area contributed by atoms with E-state index in [0.29, 0.717) is 41.2 Å². The van der Waals surface area contributed by atoms with Crippen molar-refractivity contribution in [3.05, 3.63) is 58.6 Å². The molecular formula is C23H25FN2O7. The SMILES string of the molecule is CCCOc1ccc(F)c2c(=O)c(-c3ccc(OC)cc3)c[nH]c12.O=CNCC(O)C(=O)O. The zero-order valence-electron chi connectivity index (χ0n) is 18.1. The molecule has 0 aliphatic carbocycles. The van der Waals surface area contributed by atoms with Gasteiger partial charge in [0.15, 0.2) is 11.5 Å². The van der Waals surface area contributed by atoms with Crippen LogP contribution >= 0.6 is 0 Å². The van der Waals surface area contributed by atoms with Crippen molar-refractivity contribution >= 4 is 23.3 Å². The molecule has 0 aliphatic rings. The first kappa shape index (κ1) is 25.3. The van der Waals surface area contributed by atoms with E-state index in [9.17, 15) is 18.8 Å². The molecule has 0 spiro atoms. The number of aliphatic carboxylic acids is 1. The molecule has 0 saturated carbocycles. The van der Waals surface area contributed by atoms with Crippen molar-refractivity contribution in [1.29, 1.82) is 0 Å². The average Bonchev–Trinajstić information content (AvgIpc) is 2.82. The number of carbonyl (C=O) groups is 2. The molecule has 0 fully saturated rings. The first-order chi connectivity index (χ1) is 15.8. The predicted molar refractivity (Wildman–Crippen MR) is 120 cm³/mol. The minimum Gasteiger partial charge on any atom is -0.497 e. The third-order valence-corrected chi connectivity index (χ3v) is 4.49. The van der Waals surface area contributed by atoms with E-state index in [0.717, 1.165) is 6.42 Å². The second-order valence-electron chi connectivity index (χ2n) is 6.78. The van der Waals surface area contributed by atoms with E-state index in [4.69, 9.17) is 19.7 Å². The van der Waals surface area contributed by atoms with Gasteiger partial charge in [-0.15, -0.1) is 0 Å². The molecule has 1 atom stereocenters. The van der Waals surface area contributed by atoms with Gasteiger partial charge in [0, 0.05) is 11.8 Å². The van der Waals surface area contributed by atoms with Gasteiger partial charge in [0.1, 0.15) is 17.3 Å². The van der Waals surface area contributed by atoms with Gasteiger partial charge in [-0.1, -0.05) is 19.1 Å². The van der Waals surface area contributed by atoms with E-state index in [2.05, 4.69) is 4.98 Å². The fourth-order valence-corrected chi connectivity index (χ4v) is 2.83. The normalized spacial score (nSPS) is 11.2. The Morgan fingerprint density at radius 2 is 1.94 bits per heavy atom. The van der Waals surface area contributed by atoms with Crippen LogP contribution in [0.4, 0.5) is 4.39 Å². The molecule has 9 nitrogen and oxygen atoms in total. The van der Waals surface area contributed by atoms with Crippen molar-refractivity contribution in [2.24, 2.45) is 0 Å². The topological polar surface area (TPSA) is 138 Å². The zero-order valence-corrected chi connectivity index (χ0v) is 18.1. The number of carbonyl (C=O) groups excluding carboxylic acids is 1. The Bertz CT molecular complexity index is 1150. The molecule has 2 aromatic carbocycles. The first-order valence-corrected chi connectivity index (χ1v) is 10.0. The van der Waals surface area contributed by atoms with Crippen LogP contribution in [0.15, 0.2) is 47.4 Å². The smallest absolute Gasteiger partial charge is 0.334 e. The average molecular weight is 460 g/mol. The highest BCUT2D eigenvalue weighted by Gasteiger charge is 2.15. The number of carboxylic acid groups (broad SMARTS) is 1. The Labute approximate surface area is 188 Å². The van der Waals surface area contributed by atoms with Crippen molar-refractivity contribution in [2.45, 2.75) is 19.4 Å². The molecule has 1 amide bonds. The van der Waals surface area contributed by atoms with Crippen LogP contribution in [0.5, 0.6) is 11.5 Å². The number of H-pyrrole nitrogens is 1. The molecule has 0 bridgehead atoms. The highest BCUT2D eigenvalue weighted by atomic mass is 19.1. The molecule has 3 rings (SSSR count). The lowest BCUT2D eigenvalue weighted by Gasteiger charge is -2.10. The number of aromatic nitrogens is 1. The summed E-state index contributed by atoms with van der Waals surface area (Å²) in [5, 5.41) is 18.5. The number of rotatable bonds is 9. The quantitative estimate of drug-likeness (QED) is 0.360. The number of amides is 1. The van der Waals surface area contributed by atoms with E-state index >= 15 is 0 Å². The number of carboxylic acids is 1. The Morgan fingerprint density at radius 3 is 2.52 bits per heavy atom. The molecule has 1 unspecified atom stereocenters. The summed E-state index contributed by atoms with van der Waals surface area (Å²) < 4.78 is 25.0. The molecule has 33 heavy (non-hydrogen) atoms. The predicted octanol–water partition coefficient (Wildman–Crippen LogP) is 2.31. The summed E-state index contributed by atoms with van der Waals surface area (Å²) in [5.74, 6) is -0.737. The Hall–Kier alpha value is -3.92. The number of aromatic amines is 1. The maximum atomic E-state index is 14.3. The van der Waals surface area contributed by atoms with Gasteiger partial charge in [0.2, 0.25) is 6.41 Å². The van der Waals surface area contributed by atoms with E-state index < -0.39 is 17.9 Å². The van der Waals surface area contributed by atoms with Gasteiger partial charge in [-0.25, -0.2) is 9.18 Å². The monoisotopic (exact) mass is 460 g/mol. The van der Waals surface area contributed by atoms with Crippen molar-refractivity contribution in [3.8, 4) is 22.6 Å². The number of methoxy groups -OCH3 is 1. The van der Waals surface area contributed by atoms with Gasteiger partial charge in [-0.2, -0.15) is 0 Å². The number of ether oxygens (including phenoxy) is 2. The third kappa shape index (κ3) is 6.53. The lowest BCUT2D eigenvalue weighted by atomic mass is 10.0. The highest BCUT2D eigenvalue weighted by Crippen LogP contribution is 2.27. The Kier molecular flexibility index (Phi) is 9.37. The molecule has 0 aliphatic heterocycles. The summed E-state index contributed by atoms with van der Waals surface area (Å²) >= 11 is 0. The fourth-order valence-electron chi connectivity index (χ4n) is 2.83. The van der Waals surface area contributed by atoms with Crippen LogP contribution in [0.25, 0.3) is 22.0 Å². The van der Waals surface area contributed by atoms with Crippen LogP contribution in [0.1, 0.15) is 13.3 Å². The summed E-state index contributed by atoms with van der Waals surface area (Å²) in [7, 11) is 1.57. The van der Waals surface area contributed by atoms with Gasteiger partial charge < -0.3 is 30.0 Å². The zero-order chi connectivity index (χ0) is 24.4. The number of nitrogens with one attached hydrogen (secondary N) is 2. The Balaban J connectivity index is 0.000000365. The third-order valence-electron chi connectivity index (χ3n) is 4.49. The molecule has 4 N–H and O–H groups in total. The minimum absolute atomic E-state index is 0.0110. The number of aliphatic hydroxyl groups is 1.